The van der Waals surface area contributed by atoms with Crippen LogP contribution in [0.1, 0.15) is 34.7 Å². The summed E-state index contributed by atoms with van der Waals surface area (Å²) < 4.78 is 8.64. The van der Waals surface area contributed by atoms with Gasteiger partial charge >= 0.3 is 0 Å². The molecule has 7 heteroatoms. The van der Waals surface area contributed by atoms with Gasteiger partial charge in [-0.05, 0) is 53.9 Å². The molecule has 0 N–H and O–H groups in total. The molecule has 5 aromatic rings. The van der Waals surface area contributed by atoms with E-state index >= 15 is 0 Å². The van der Waals surface area contributed by atoms with Crippen LogP contribution in [-0.4, -0.2) is 34.1 Å². The van der Waals surface area contributed by atoms with Crippen LogP contribution in [0.4, 0.5) is 0 Å². The number of thioether (sulfide) groups is 1. The van der Waals surface area contributed by atoms with E-state index in [4.69, 9.17) is 9.84 Å². The van der Waals surface area contributed by atoms with Crippen LogP contribution >= 0.6 is 27.7 Å². The zero-order valence-electron chi connectivity index (χ0n) is 23.0. The van der Waals surface area contributed by atoms with Crippen molar-refractivity contribution in [3.63, 3.8) is 0 Å². The lowest BCUT2D eigenvalue weighted by Crippen LogP contribution is -2.28. The fourth-order valence-corrected chi connectivity index (χ4v) is 6.40. The van der Waals surface area contributed by atoms with E-state index < -0.39 is 0 Å². The van der Waals surface area contributed by atoms with Crippen LogP contribution in [0.25, 0.3) is 10.9 Å². The fraction of sp³-hybridized carbons (Fsp3) is 0.176. The third-order valence-corrected chi connectivity index (χ3v) is 8.98. The Kier molecular flexibility index (Phi) is 7.99. The molecule has 206 valence electrons. The summed E-state index contributed by atoms with van der Waals surface area (Å²) in [6.07, 6.45) is 2.82. The number of fused-ring (bicyclic) bond motifs is 1. The number of halogens is 1. The maximum absolute atomic E-state index is 13.8. The highest BCUT2D eigenvalue weighted by Crippen LogP contribution is 2.36. The summed E-state index contributed by atoms with van der Waals surface area (Å²) in [5, 5.41) is 7.70. The Morgan fingerprint density at radius 1 is 0.976 bits per heavy atom. The summed E-state index contributed by atoms with van der Waals surface area (Å²) in [6, 6.07) is 32.9. The molecule has 5 nitrogen and oxygen atoms in total. The van der Waals surface area contributed by atoms with E-state index in [1.54, 1.807) is 23.9 Å². The molecule has 4 aromatic carbocycles. The molecule has 1 aromatic heterocycles. The molecule has 1 aliphatic heterocycles. The van der Waals surface area contributed by atoms with Crippen molar-refractivity contribution in [2.75, 3.05) is 12.9 Å². The SMILES string of the molecule is COc1ccc(C2CC(c3ccc(Br)cc3)=NN2C(=O)CSc2cn(Cc3ccc(C)cc3)c3ccccc23)cc1. The molecule has 1 aliphatic rings. The van der Waals surface area contributed by atoms with Crippen LogP contribution in [0, 0.1) is 6.92 Å². The molecule has 1 atom stereocenters. The summed E-state index contributed by atoms with van der Waals surface area (Å²) in [5.74, 6) is 1.07. The first-order valence-electron chi connectivity index (χ1n) is 13.5. The highest BCUT2D eigenvalue weighted by Gasteiger charge is 2.33. The lowest BCUT2D eigenvalue weighted by molar-refractivity contribution is -0.130. The average molecular weight is 625 g/mol. The molecular weight excluding hydrogens is 594 g/mol. The molecule has 6 rings (SSSR count). The third-order valence-electron chi connectivity index (χ3n) is 7.42. The maximum atomic E-state index is 13.8. The van der Waals surface area contributed by atoms with E-state index in [1.807, 2.05) is 48.5 Å². The van der Waals surface area contributed by atoms with E-state index in [0.29, 0.717) is 12.2 Å². The monoisotopic (exact) mass is 623 g/mol. The molecule has 0 saturated carbocycles. The second-order valence-electron chi connectivity index (χ2n) is 10.2. The van der Waals surface area contributed by atoms with Gasteiger partial charge in [0.15, 0.2) is 0 Å². The van der Waals surface area contributed by atoms with Crippen molar-refractivity contribution in [2.45, 2.75) is 30.8 Å². The number of hydrogen-bond donors (Lipinski definition) is 0. The van der Waals surface area contributed by atoms with Crippen molar-refractivity contribution in [3.8, 4) is 5.75 Å². The summed E-state index contributed by atoms with van der Waals surface area (Å²) >= 11 is 5.09. The quantitative estimate of drug-likeness (QED) is 0.164. The number of benzene rings is 4. The Balaban J connectivity index is 1.25. The Morgan fingerprint density at radius 3 is 2.44 bits per heavy atom. The van der Waals surface area contributed by atoms with Gasteiger partial charge in [-0.1, -0.05) is 88.2 Å². The number of amides is 1. The minimum atomic E-state index is -0.171. The zero-order valence-corrected chi connectivity index (χ0v) is 25.4. The zero-order chi connectivity index (χ0) is 28.3. The second-order valence-corrected chi connectivity index (χ2v) is 12.1. The molecule has 0 fully saturated rings. The summed E-state index contributed by atoms with van der Waals surface area (Å²) in [4.78, 5) is 14.9. The van der Waals surface area contributed by atoms with E-state index in [0.717, 1.165) is 49.4 Å². The number of carbonyl (C=O) groups excluding carboxylic acids is 1. The second kappa shape index (κ2) is 12.0. The maximum Gasteiger partial charge on any atom is 0.253 e. The number of hydrogen-bond acceptors (Lipinski definition) is 4. The van der Waals surface area contributed by atoms with Crippen molar-refractivity contribution >= 4 is 50.2 Å². The number of hydrazone groups is 1. The smallest absolute Gasteiger partial charge is 0.253 e. The van der Waals surface area contributed by atoms with Gasteiger partial charge in [-0.25, -0.2) is 5.01 Å². The van der Waals surface area contributed by atoms with E-state index in [1.165, 1.54) is 11.1 Å². The van der Waals surface area contributed by atoms with Gasteiger partial charge in [0.05, 0.1) is 24.6 Å². The topological polar surface area (TPSA) is 46.8 Å². The van der Waals surface area contributed by atoms with Crippen molar-refractivity contribution in [1.29, 1.82) is 0 Å². The number of aryl methyl sites for hydroxylation is 1. The highest BCUT2D eigenvalue weighted by molar-refractivity contribution is 9.10. The van der Waals surface area contributed by atoms with Crippen LogP contribution in [0.15, 0.2) is 118 Å². The third kappa shape index (κ3) is 5.97. The van der Waals surface area contributed by atoms with Gasteiger partial charge in [0.2, 0.25) is 0 Å². The predicted molar refractivity (Wildman–Crippen MR) is 171 cm³/mol. The normalized spacial score (nSPS) is 14.9. The predicted octanol–water partition coefficient (Wildman–Crippen LogP) is 8.24. The summed E-state index contributed by atoms with van der Waals surface area (Å²) in [5.41, 5.74) is 6.63. The first kappa shape index (κ1) is 27.4. The van der Waals surface area contributed by atoms with Gasteiger partial charge in [0.25, 0.3) is 5.91 Å². The largest absolute Gasteiger partial charge is 0.497 e. The minimum absolute atomic E-state index is 0.0155. The molecular formula is C34H30BrN3O2S. The summed E-state index contributed by atoms with van der Waals surface area (Å²) in [7, 11) is 1.66. The van der Waals surface area contributed by atoms with Crippen LogP contribution in [0.3, 0.4) is 0 Å². The number of carbonyl (C=O) groups is 1. The molecule has 2 heterocycles. The first-order chi connectivity index (χ1) is 20.0. The number of rotatable bonds is 8. The van der Waals surface area contributed by atoms with Gasteiger partial charge in [-0.2, -0.15) is 5.10 Å². The lowest BCUT2D eigenvalue weighted by Gasteiger charge is -2.22. The van der Waals surface area contributed by atoms with Crippen LogP contribution < -0.4 is 4.74 Å². The summed E-state index contributed by atoms with van der Waals surface area (Å²) in [6.45, 7) is 2.88. The van der Waals surface area contributed by atoms with Gasteiger partial charge in [-0.15, -0.1) is 11.8 Å². The minimum Gasteiger partial charge on any atom is -0.497 e. The van der Waals surface area contributed by atoms with Gasteiger partial charge in [-0.3, -0.25) is 4.79 Å². The van der Waals surface area contributed by atoms with Crippen molar-refractivity contribution in [3.05, 3.63) is 130 Å². The van der Waals surface area contributed by atoms with E-state index in [2.05, 4.69) is 82.1 Å². The van der Waals surface area contributed by atoms with Gasteiger partial charge in [0, 0.05) is 39.4 Å². The Hall–Kier alpha value is -3.81. The van der Waals surface area contributed by atoms with Gasteiger partial charge < -0.3 is 9.30 Å². The number of ether oxygens (including phenoxy) is 1. The van der Waals surface area contributed by atoms with E-state index in [9.17, 15) is 4.79 Å². The number of aromatic nitrogens is 1. The lowest BCUT2D eigenvalue weighted by atomic mass is 9.98. The molecule has 1 amide bonds. The van der Waals surface area contributed by atoms with Crippen molar-refractivity contribution < 1.29 is 9.53 Å². The highest BCUT2D eigenvalue weighted by atomic mass is 79.9. The van der Waals surface area contributed by atoms with Gasteiger partial charge in [0.1, 0.15) is 5.75 Å². The van der Waals surface area contributed by atoms with E-state index in [-0.39, 0.29) is 11.9 Å². The molecule has 0 spiro atoms. The van der Waals surface area contributed by atoms with Crippen LogP contribution in [-0.2, 0) is 11.3 Å². The molecule has 1 unspecified atom stereocenters. The molecule has 0 radical (unpaired) electrons. The molecule has 41 heavy (non-hydrogen) atoms. The standard InChI is InChI=1S/C34H30BrN3O2S/c1-23-7-9-24(10-8-23)20-37-21-33(29-5-3-4-6-31(29)37)41-22-34(39)38-32(26-13-17-28(40-2)18-14-26)19-30(36-38)25-11-15-27(35)16-12-25/h3-18,21,32H,19-20,22H2,1-2H3. The molecule has 0 aliphatic carbocycles. The fourth-order valence-electron chi connectivity index (χ4n) is 5.20. The average Bonchev–Trinajstić information content (AvgIpc) is 3.60. The van der Waals surface area contributed by atoms with Crippen molar-refractivity contribution in [2.24, 2.45) is 5.10 Å². The Bertz CT molecular complexity index is 1710. The van der Waals surface area contributed by atoms with Crippen LogP contribution in [0.2, 0.25) is 0 Å². The molecule has 0 bridgehead atoms. The van der Waals surface area contributed by atoms with Crippen LogP contribution in [0.5, 0.6) is 5.75 Å². The Labute approximate surface area is 253 Å². The Morgan fingerprint density at radius 2 is 1.71 bits per heavy atom. The number of nitrogens with zero attached hydrogens (tertiary/aromatic N) is 3. The molecule has 0 saturated heterocycles. The number of methoxy groups -OCH3 is 1. The van der Waals surface area contributed by atoms with Crippen molar-refractivity contribution in [1.82, 2.24) is 9.58 Å². The first-order valence-corrected chi connectivity index (χ1v) is 15.3. The number of para-hydroxylation sites is 1.